The fraction of sp³-hybridized carbons (Fsp3) is 0.588. The van der Waals surface area contributed by atoms with E-state index in [-0.39, 0.29) is 11.7 Å². The molecule has 1 aromatic rings. The molecule has 21 heavy (non-hydrogen) atoms. The molecule has 4 heteroatoms. The molecule has 1 aromatic carbocycles. The third-order valence-corrected chi connectivity index (χ3v) is 4.89. The van der Waals surface area contributed by atoms with Gasteiger partial charge in [0.05, 0.1) is 22.8 Å². The zero-order chi connectivity index (χ0) is 14.7. The Bertz CT molecular complexity index is 541. The first kappa shape index (κ1) is 14.7. The van der Waals surface area contributed by atoms with E-state index in [0.29, 0.717) is 10.6 Å². The van der Waals surface area contributed by atoms with Crippen molar-refractivity contribution in [3.8, 4) is 11.8 Å². The minimum Gasteiger partial charge on any atom is -0.490 e. The quantitative estimate of drug-likeness (QED) is 0.809. The van der Waals surface area contributed by atoms with E-state index in [1.807, 2.05) is 6.07 Å². The highest BCUT2D eigenvalue weighted by molar-refractivity contribution is 6.31. The molecule has 2 aliphatic rings. The van der Waals surface area contributed by atoms with E-state index in [1.165, 1.54) is 19.3 Å². The molecule has 1 atom stereocenters. The molecule has 3 rings (SSSR count). The molecule has 0 aromatic heterocycles. The fourth-order valence-corrected chi connectivity index (χ4v) is 3.69. The van der Waals surface area contributed by atoms with E-state index in [0.717, 1.165) is 38.0 Å². The first-order valence-electron chi connectivity index (χ1n) is 7.71. The lowest BCUT2D eigenvalue weighted by molar-refractivity contribution is -0.129. The van der Waals surface area contributed by atoms with Gasteiger partial charge in [-0.05, 0) is 25.0 Å². The lowest BCUT2D eigenvalue weighted by atomic mass is 9.79. The summed E-state index contributed by atoms with van der Waals surface area (Å²) < 4.78 is 12.2. The summed E-state index contributed by atoms with van der Waals surface area (Å²) >= 11 is 6.06. The molecule has 1 heterocycles. The van der Waals surface area contributed by atoms with Crippen LogP contribution >= 0.6 is 11.6 Å². The zero-order valence-corrected chi connectivity index (χ0v) is 12.9. The van der Waals surface area contributed by atoms with Crippen molar-refractivity contribution in [1.82, 2.24) is 0 Å². The van der Waals surface area contributed by atoms with E-state index in [9.17, 15) is 0 Å². The monoisotopic (exact) mass is 305 g/mol. The van der Waals surface area contributed by atoms with Crippen LogP contribution in [0.1, 0.15) is 50.5 Å². The first-order chi connectivity index (χ1) is 10.2. The average molecular weight is 306 g/mol. The SMILES string of the molecule is N#Cc1ccc(OC2CCOC3(CCCCC3)C2)cc1Cl. The standard InChI is InChI=1S/C17H20ClNO2/c18-16-10-14(5-4-13(16)12-19)21-15-6-9-20-17(11-15)7-2-1-3-8-17/h4-5,10,15H,1-3,6-9,11H2. The Hall–Kier alpha value is -1.24. The van der Waals surface area contributed by atoms with Crippen molar-refractivity contribution in [3.63, 3.8) is 0 Å². The third-order valence-electron chi connectivity index (χ3n) is 4.58. The second kappa shape index (κ2) is 6.25. The van der Waals surface area contributed by atoms with Crippen molar-refractivity contribution >= 4 is 11.6 Å². The first-order valence-corrected chi connectivity index (χ1v) is 8.09. The predicted molar refractivity (Wildman–Crippen MR) is 81.6 cm³/mol. The Labute approximate surface area is 130 Å². The number of rotatable bonds is 2. The summed E-state index contributed by atoms with van der Waals surface area (Å²) in [6, 6.07) is 7.35. The molecule has 0 bridgehead atoms. The highest BCUT2D eigenvalue weighted by Crippen LogP contribution is 2.39. The number of hydrogen-bond acceptors (Lipinski definition) is 3. The number of benzene rings is 1. The Morgan fingerprint density at radius 3 is 2.81 bits per heavy atom. The number of hydrogen-bond donors (Lipinski definition) is 0. The van der Waals surface area contributed by atoms with Gasteiger partial charge in [0.15, 0.2) is 0 Å². The lowest BCUT2D eigenvalue weighted by Crippen LogP contribution is -2.45. The minimum atomic E-state index is 0.0392. The molecule has 0 amide bonds. The summed E-state index contributed by atoms with van der Waals surface area (Å²) in [7, 11) is 0. The van der Waals surface area contributed by atoms with Gasteiger partial charge in [0.1, 0.15) is 17.9 Å². The summed E-state index contributed by atoms with van der Waals surface area (Å²) in [6.07, 6.45) is 8.21. The van der Waals surface area contributed by atoms with Crippen LogP contribution in [0.25, 0.3) is 0 Å². The molecule has 112 valence electrons. The summed E-state index contributed by atoms with van der Waals surface area (Å²) in [5.74, 6) is 0.747. The molecular formula is C17H20ClNO2. The molecule has 1 saturated carbocycles. The molecule has 0 radical (unpaired) electrons. The Morgan fingerprint density at radius 1 is 1.29 bits per heavy atom. The van der Waals surface area contributed by atoms with Crippen LogP contribution in [0.15, 0.2) is 18.2 Å². The predicted octanol–water partition coefficient (Wildman–Crippen LogP) is 4.47. The van der Waals surface area contributed by atoms with Gasteiger partial charge in [0.25, 0.3) is 0 Å². The van der Waals surface area contributed by atoms with Crippen LogP contribution in [0.5, 0.6) is 5.75 Å². The van der Waals surface area contributed by atoms with Crippen LogP contribution in [0.2, 0.25) is 5.02 Å². The minimum absolute atomic E-state index is 0.0392. The molecule has 1 unspecified atom stereocenters. The number of ether oxygens (including phenoxy) is 2. The molecule has 0 N–H and O–H groups in total. The van der Waals surface area contributed by atoms with Crippen molar-refractivity contribution in [3.05, 3.63) is 28.8 Å². The highest BCUT2D eigenvalue weighted by Gasteiger charge is 2.39. The number of nitriles is 1. The summed E-state index contributed by atoms with van der Waals surface area (Å²) in [5.41, 5.74) is 0.525. The summed E-state index contributed by atoms with van der Waals surface area (Å²) in [5, 5.41) is 9.36. The molecule has 2 fully saturated rings. The largest absolute Gasteiger partial charge is 0.490 e. The van der Waals surface area contributed by atoms with Crippen LogP contribution in [0.4, 0.5) is 0 Å². The van der Waals surface area contributed by atoms with Crippen molar-refractivity contribution < 1.29 is 9.47 Å². The van der Waals surface area contributed by atoms with Gasteiger partial charge in [-0.1, -0.05) is 30.9 Å². The molecule has 3 nitrogen and oxygen atoms in total. The van der Waals surface area contributed by atoms with Crippen molar-refractivity contribution in [2.45, 2.75) is 56.7 Å². The number of halogens is 1. The van der Waals surface area contributed by atoms with E-state index in [1.54, 1.807) is 12.1 Å². The lowest BCUT2D eigenvalue weighted by Gasteiger charge is -2.43. The van der Waals surface area contributed by atoms with Gasteiger partial charge < -0.3 is 9.47 Å². The maximum absolute atomic E-state index is 8.90. The van der Waals surface area contributed by atoms with Crippen LogP contribution in [0.3, 0.4) is 0 Å². The Balaban J connectivity index is 1.67. The van der Waals surface area contributed by atoms with Crippen molar-refractivity contribution in [2.24, 2.45) is 0 Å². The summed E-state index contributed by atoms with van der Waals surface area (Å²) in [6.45, 7) is 0.772. The van der Waals surface area contributed by atoms with Crippen LogP contribution in [0, 0.1) is 11.3 Å². The molecule has 1 spiro atoms. The van der Waals surface area contributed by atoms with Gasteiger partial charge in [0, 0.05) is 18.9 Å². The van der Waals surface area contributed by atoms with Crippen molar-refractivity contribution in [2.75, 3.05) is 6.61 Å². The van der Waals surface area contributed by atoms with Gasteiger partial charge in [-0.2, -0.15) is 5.26 Å². The second-order valence-electron chi connectivity index (χ2n) is 6.08. The molecular weight excluding hydrogens is 286 g/mol. The second-order valence-corrected chi connectivity index (χ2v) is 6.49. The van der Waals surface area contributed by atoms with Crippen LogP contribution < -0.4 is 4.74 Å². The van der Waals surface area contributed by atoms with E-state index >= 15 is 0 Å². The van der Waals surface area contributed by atoms with Gasteiger partial charge in [0.2, 0.25) is 0 Å². The molecule has 1 aliphatic carbocycles. The Morgan fingerprint density at radius 2 is 2.10 bits per heavy atom. The van der Waals surface area contributed by atoms with E-state index in [4.69, 9.17) is 26.3 Å². The molecule has 1 aliphatic heterocycles. The fourth-order valence-electron chi connectivity index (χ4n) is 3.48. The van der Waals surface area contributed by atoms with E-state index in [2.05, 4.69) is 6.07 Å². The molecule has 1 saturated heterocycles. The zero-order valence-electron chi connectivity index (χ0n) is 12.1. The van der Waals surface area contributed by atoms with Gasteiger partial charge in [-0.15, -0.1) is 0 Å². The maximum Gasteiger partial charge on any atom is 0.121 e. The van der Waals surface area contributed by atoms with Gasteiger partial charge in [-0.3, -0.25) is 0 Å². The Kier molecular flexibility index (Phi) is 4.37. The van der Waals surface area contributed by atoms with Gasteiger partial charge >= 0.3 is 0 Å². The van der Waals surface area contributed by atoms with Crippen LogP contribution in [-0.2, 0) is 4.74 Å². The van der Waals surface area contributed by atoms with Crippen LogP contribution in [-0.4, -0.2) is 18.3 Å². The maximum atomic E-state index is 8.90. The highest BCUT2D eigenvalue weighted by atomic mass is 35.5. The topological polar surface area (TPSA) is 42.2 Å². The smallest absolute Gasteiger partial charge is 0.121 e. The third kappa shape index (κ3) is 3.33. The number of nitrogens with zero attached hydrogens (tertiary/aromatic N) is 1. The van der Waals surface area contributed by atoms with E-state index < -0.39 is 0 Å². The summed E-state index contributed by atoms with van der Waals surface area (Å²) in [4.78, 5) is 0. The average Bonchev–Trinajstić information content (AvgIpc) is 2.48. The normalized spacial score (nSPS) is 24.5. The van der Waals surface area contributed by atoms with Crippen molar-refractivity contribution in [1.29, 1.82) is 5.26 Å². The van der Waals surface area contributed by atoms with Gasteiger partial charge in [-0.25, -0.2) is 0 Å².